The van der Waals surface area contributed by atoms with Crippen LogP contribution in [-0.2, 0) is 20.7 Å². The minimum atomic E-state index is -0.992. The Morgan fingerprint density at radius 2 is 1.91 bits per heavy atom. The minimum Gasteiger partial charge on any atom is -0.453 e. The maximum Gasteiger partial charge on any atom is 0.321 e. The third kappa shape index (κ3) is 5.55. The third-order valence-electron chi connectivity index (χ3n) is 3.29. The Balaban J connectivity index is 1.68. The molecule has 1 unspecified atom stereocenters. The predicted molar refractivity (Wildman–Crippen MR) is 80.0 cm³/mol. The van der Waals surface area contributed by atoms with E-state index in [9.17, 15) is 14.4 Å². The van der Waals surface area contributed by atoms with Gasteiger partial charge in [-0.15, -0.1) is 0 Å². The molecule has 1 aromatic carbocycles. The molecule has 1 aromatic rings. The number of imide groups is 1. The molecule has 118 valence electrons. The maximum atomic E-state index is 11.7. The fraction of sp³-hybridized carbons (Fsp3) is 0.438. The number of hydrogen-bond donors (Lipinski definition) is 2. The molecular formula is C16H20N2O4. The van der Waals surface area contributed by atoms with Gasteiger partial charge >= 0.3 is 12.0 Å². The van der Waals surface area contributed by atoms with Crippen LogP contribution in [-0.4, -0.2) is 30.1 Å². The van der Waals surface area contributed by atoms with Crippen molar-refractivity contribution in [2.45, 2.75) is 44.8 Å². The van der Waals surface area contributed by atoms with E-state index in [4.69, 9.17) is 4.74 Å². The average molecular weight is 304 g/mol. The summed E-state index contributed by atoms with van der Waals surface area (Å²) >= 11 is 0. The number of amides is 3. The van der Waals surface area contributed by atoms with Gasteiger partial charge in [0.25, 0.3) is 5.91 Å². The Labute approximate surface area is 129 Å². The van der Waals surface area contributed by atoms with Crippen molar-refractivity contribution < 1.29 is 19.1 Å². The summed E-state index contributed by atoms with van der Waals surface area (Å²) < 4.78 is 5.02. The summed E-state index contributed by atoms with van der Waals surface area (Å²) in [7, 11) is 0. The highest BCUT2D eigenvalue weighted by Crippen LogP contribution is 2.18. The molecule has 1 fully saturated rings. The molecule has 2 N–H and O–H groups in total. The van der Waals surface area contributed by atoms with Crippen molar-refractivity contribution >= 4 is 17.9 Å². The number of esters is 1. The number of carbonyl (C=O) groups is 3. The van der Waals surface area contributed by atoms with E-state index in [1.807, 2.05) is 30.3 Å². The normalized spacial score (nSPS) is 14.8. The number of aryl methyl sites for hydroxylation is 1. The number of rotatable bonds is 6. The fourth-order valence-corrected chi connectivity index (χ4v) is 1.86. The molecule has 1 atom stereocenters. The van der Waals surface area contributed by atoms with Crippen LogP contribution in [0, 0.1) is 0 Å². The van der Waals surface area contributed by atoms with Crippen LogP contribution in [0.3, 0.4) is 0 Å². The van der Waals surface area contributed by atoms with E-state index in [2.05, 4.69) is 10.6 Å². The predicted octanol–water partition coefficient (Wildman–Crippen LogP) is 1.54. The molecule has 1 saturated carbocycles. The van der Waals surface area contributed by atoms with Crippen LogP contribution in [0.25, 0.3) is 0 Å². The lowest BCUT2D eigenvalue weighted by Gasteiger charge is -2.13. The van der Waals surface area contributed by atoms with Crippen LogP contribution in [0.4, 0.5) is 4.79 Å². The average Bonchev–Trinajstić information content (AvgIpc) is 3.29. The molecule has 22 heavy (non-hydrogen) atoms. The number of carbonyl (C=O) groups excluding carboxylic acids is 3. The van der Waals surface area contributed by atoms with Crippen molar-refractivity contribution in [3.63, 3.8) is 0 Å². The zero-order chi connectivity index (χ0) is 15.9. The van der Waals surface area contributed by atoms with Gasteiger partial charge in [-0.05, 0) is 31.7 Å². The molecule has 0 saturated heterocycles. The van der Waals surface area contributed by atoms with Crippen LogP contribution >= 0.6 is 0 Å². The number of ether oxygens (including phenoxy) is 1. The Morgan fingerprint density at radius 3 is 2.55 bits per heavy atom. The van der Waals surface area contributed by atoms with Crippen molar-refractivity contribution in [1.82, 2.24) is 10.6 Å². The van der Waals surface area contributed by atoms with Crippen molar-refractivity contribution in [3.8, 4) is 0 Å². The van der Waals surface area contributed by atoms with Gasteiger partial charge in [-0.1, -0.05) is 30.3 Å². The van der Waals surface area contributed by atoms with Gasteiger partial charge in [0.05, 0.1) is 0 Å². The van der Waals surface area contributed by atoms with E-state index < -0.39 is 24.0 Å². The van der Waals surface area contributed by atoms with Gasteiger partial charge in [-0.3, -0.25) is 14.9 Å². The molecule has 1 aliphatic rings. The lowest BCUT2D eigenvalue weighted by molar-refractivity contribution is -0.154. The summed E-state index contributed by atoms with van der Waals surface area (Å²) in [4.78, 5) is 34.8. The molecule has 0 heterocycles. The monoisotopic (exact) mass is 304 g/mol. The maximum absolute atomic E-state index is 11.7. The molecule has 1 aliphatic carbocycles. The number of benzene rings is 1. The quantitative estimate of drug-likeness (QED) is 0.781. The largest absolute Gasteiger partial charge is 0.453 e. The molecule has 2 rings (SSSR count). The van der Waals surface area contributed by atoms with Crippen molar-refractivity contribution in [2.75, 3.05) is 0 Å². The van der Waals surface area contributed by atoms with E-state index in [0.717, 1.165) is 18.4 Å². The van der Waals surface area contributed by atoms with E-state index in [1.54, 1.807) is 0 Å². The minimum absolute atomic E-state index is 0.163. The van der Waals surface area contributed by atoms with Gasteiger partial charge in [-0.2, -0.15) is 0 Å². The SMILES string of the molecule is CC(OC(=O)CCc1ccccc1)C(=O)NC(=O)NC1CC1. The van der Waals surface area contributed by atoms with Crippen LogP contribution in [0.15, 0.2) is 30.3 Å². The van der Waals surface area contributed by atoms with E-state index in [0.29, 0.717) is 6.42 Å². The Hall–Kier alpha value is -2.37. The highest BCUT2D eigenvalue weighted by molar-refractivity contribution is 5.97. The fourth-order valence-electron chi connectivity index (χ4n) is 1.86. The first kappa shape index (κ1) is 16.0. The summed E-state index contributed by atoms with van der Waals surface area (Å²) in [5, 5.41) is 4.79. The van der Waals surface area contributed by atoms with E-state index in [-0.39, 0.29) is 12.5 Å². The second kappa shape index (κ2) is 7.59. The summed E-state index contributed by atoms with van der Waals surface area (Å²) in [6.07, 6.45) is 1.62. The Kier molecular flexibility index (Phi) is 5.52. The van der Waals surface area contributed by atoms with Crippen molar-refractivity contribution in [2.24, 2.45) is 0 Å². The van der Waals surface area contributed by atoms with Gasteiger partial charge in [0, 0.05) is 12.5 Å². The van der Waals surface area contributed by atoms with Gasteiger partial charge in [0.2, 0.25) is 0 Å². The highest BCUT2D eigenvalue weighted by Gasteiger charge is 2.25. The molecule has 3 amide bonds. The molecular weight excluding hydrogens is 284 g/mol. The van der Waals surface area contributed by atoms with Gasteiger partial charge in [0.1, 0.15) is 0 Å². The first-order chi connectivity index (χ1) is 10.5. The smallest absolute Gasteiger partial charge is 0.321 e. The van der Waals surface area contributed by atoms with Gasteiger partial charge < -0.3 is 10.1 Å². The van der Waals surface area contributed by atoms with Crippen molar-refractivity contribution in [3.05, 3.63) is 35.9 Å². The number of hydrogen-bond acceptors (Lipinski definition) is 4. The second-order valence-corrected chi connectivity index (χ2v) is 5.35. The van der Waals surface area contributed by atoms with Crippen LogP contribution < -0.4 is 10.6 Å². The van der Waals surface area contributed by atoms with Crippen LogP contribution in [0.5, 0.6) is 0 Å². The standard InChI is InChI=1S/C16H20N2O4/c1-11(15(20)18-16(21)17-13-8-9-13)22-14(19)10-7-12-5-3-2-4-6-12/h2-6,11,13H,7-10H2,1H3,(H2,17,18,20,21). The summed E-state index contributed by atoms with van der Waals surface area (Å²) in [5.41, 5.74) is 1.03. The van der Waals surface area contributed by atoms with Crippen LogP contribution in [0.2, 0.25) is 0 Å². The third-order valence-corrected chi connectivity index (χ3v) is 3.29. The van der Waals surface area contributed by atoms with Gasteiger partial charge in [-0.25, -0.2) is 4.79 Å². The summed E-state index contributed by atoms with van der Waals surface area (Å²) in [6, 6.07) is 9.17. The Morgan fingerprint density at radius 1 is 1.23 bits per heavy atom. The van der Waals surface area contributed by atoms with E-state index in [1.165, 1.54) is 6.92 Å². The first-order valence-electron chi connectivity index (χ1n) is 7.39. The Bertz CT molecular complexity index is 540. The topological polar surface area (TPSA) is 84.5 Å². The highest BCUT2D eigenvalue weighted by atomic mass is 16.5. The molecule has 0 aliphatic heterocycles. The number of nitrogens with one attached hydrogen (secondary N) is 2. The molecule has 0 bridgehead atoms. The summed E-state index contributed by atoms with van der Waals surface area (Å²) in [6.45, 7) is 1.44. The van der Waals surface area contributed by atoms with Crippen LogP contribution in [0.1, 0.15) is 31.7 Å². The zero-order valence-corrected chi connectivity index (χ0v) is 12.5. The zero-order valence-electron chi connectivity index (χ0n) is 12.5. The molecule has 0 spiro atoms. The lowest BCUT2D eigenvalue weighted by Crippen LogP contribution is -2.45. The molecule has 6 heteroatoms. The second-order valence-electron chi connectivity index (χ2n) is 5.35. The van der Waals surface area contributed by atoms with Crippen molar-refractivity contribution in [1.29, 1.82) is 0 Å². The molecule has 6 nitrogen and oxygen atoms in total. The number of urea groups is 1. The van der Waals surface area contributed by atoms with E-state index >= 15 is 0 Å². The first-order valence-corrected chi connectivity index (χ1v) is 7.39. The summed E-state index contributed by atoms with van der Waals surface area (Å²) in [5.74, 6) is -1.08. The lowest BCUT2D eigenvalue weighted by atomic mass is 10.1. The molecule has 0 radical (unpaired) electrons. The molecule has 0 aromatic heterocycles. The van der Waals surface area contributed by atoms with Gasteiger partial charge in [0.15, 0.2) is 6.10 Å².